The van der Waals surface area contributed by atoms with Crippen LogP contribution >= 0.6 is 42.6 Å². The van der Waals surface area contributed by atoms with Crippen molar-refractivity contribution in [3.05, 3.63) is 23.8 Å². The van der Waals surface area contributed by atoms with Crippen molar-refractivity contribution in [3.8, 4) is 0 Å². The maximum atomic E-state index is 12.9. The second-order valence-corrected chi connectivity index (χ2v) is 16.5. The van der Waals surface area contributed by atoms with Crippen LogP contribution in [0.4, 0.5) is 11.4 Å². The molecular weight excluding hydrogens is 660 g/mol. The Balaban J connectivity index is 2.57. The largest absolute Gasteiger partial charge is 0.398 e. The Bertz CT molecular complexity index is 1270. The topological polar surface area (TPSA) is 281 Å². The van der Waals surface area contributed by atoms with Crippen molar-refractivity contribution in [2.75, 3.05) is 76.9 Å². The lowest BCUT2D eigenvalue weighted by atomic mass is 10.1. The highest BCUT2D eigenvalue weighted by molar-refractivity contribution is 7.78. The third-order valence-corrected chi connectivity index (χ3v) is 9.85. The number of benzene rings is 1. The second kappa shape index (κ2) is 15.5. The maximum absolute atomic E-state index is 12.9. The minimum Gasteiger partial charge on any atom is -0.398 e. The standard InChI is InChI=1S/C19H36N6O12P4S/c20-18-2-1-16(21-12-42)11-17(18)19(41(35,36)37)25-9-7-23(14-39(29,30)31)5-3-22(13-38(26,27)28)4-6-24(8-10-25)15-40(32,33)34/h1-2,11,19H,3-10,13-15,20H2,(H2,26,27,28)(H2,29,30,31)(H2,32,33,34)(H2,35,36,37). The first-order chi connectivity index (χ1) is 19.2. The van der Waals surface area contributed by atoms with Crippen LogP contribution in [0.3, 0.4) is 0 Å². The molecule has 10 N–H and O–H groups in total. The first-order valence-electron chi connectivity index (χ1n) is 12.2. The third kappa shape index (κ3) is 13.9. The molecule has 1 aliphatic rings. The van der Waals surface area contributed by atoms with Crippen molar-refractivity contribution >= 4 is 59.1 Å². The summed E-state index contributed by atoms with van der Waals surface area (Å²) in [5, 5.41) is 2.15. The predicted molar refractivity (Wildman–Crippen MR) is 157 cm³/mol. The number of hydrogen-bond donors (Lipinski definition) is 9. The van der Waals surface area contributed by atoms with Gasteiger partial charge in [0.2, 0.25) is 0 Å². The SMILES string of the molecule is Nc1ccc(N=C=S)cc1C(N1CCN(CP(=O)(O)O)CCN(CP(=O)(O)O)CCN(CP(=O)(O)O)CC1)P(=O)(O)O. The monoisotopic (exact) mass is 696 g/mol. The Morgan fingerprint density at radius 1 is 0.738 bits per heavy atom. The van der Waals surface area contributed by atoms with E-state index in [1.54, 1.807) is 0 Å². The average molecular weight is 696 g/mol. The van der Waals surface area contributed by atoms with Crippen LogP contribution in [0.15, 0.2) is 23.2 Å². The van der Waals surface area contributed by atoms with Gasteiger partial charge in [-0.3, -0.25) is 37.9 Å². The van der Waals surface area contributed by atoms with Crippen LogP contribution in [-0.2, 0) is 18.3 Å². The van der Waals surface area contributed by atoms with Gasteiger partial charge in [0.15, 0.2) is 0 Å². The molecule has 2 rings (SSSR count). The lowest BCUT2D eigenvalue weighted by molar-refractivity contribution is 0.131. The van der Waals surface area contributed by atoms with Gasteiger partial charge in [0.05, 0.1) is 10.8 Å². The predicted octanol–water partition coefficient (Wildman–Crippen LogP) is -0.193. The molecule has 1 aliphatic heterocycles. The number of nitrogen functional groups attached to an aromatic ring is 1. The minimum absolute atomic E-state index is 0.00462. The summed E-state index contributed by atoms with van der Waals surface area (Å²) in [5.41, 5.74) is 6.29. The number of nitrogens with zero attached hydrogens (tertiary/aromatic N) is 5. The molecular formula is C19H36N6O12P4S. The molecule has 0 spiro atoms. The Morgan fingerprint density at radius 3 is 1.45 bits per heavy atom. The minimum atomic E-state index is -5.05. The van der Waals surface area contributed by atoms with Gasteiger partial charge in [-0.1, -0.05) is 0 Å². The summed E-state index contributed by atoms with van der Waals surface area (Å²) in [4.78, 5) is 87.5. The smallest absolute Gasteiger partial charge is 0.347 e. The molecule has 1 heterocycles. The molecule has 1 aromatic rings. The van der Waals surface area contributed by atoms with Crippen LogP contribution in [0, 0.1) is 0 Å². The van der Waals surface area contributed by atoms with Gasteiger partial charge in [0, 0.05) is 63.6 Å². The molecule has 0 bridgehead atoms. The van der Waals surface area contributed by atoms with Crippen LogP contribution < -0.4 is 5.73 Å². The van der Waals surface area contributed by atoms with Gasteiger partial charge < -0.3 is 44.9 Å². The van der Waals surface area contributed by atoms with Gasteiger partial charge in [-0.25, -0.2) is 0 Å². The number of hydrogen-bond acceptors (Lipinski definition) is 11. The maximum Gasteiger partial charge on any atom is 0.347 e. The van der Waals surface area contributed by atoms with Gasteiger partial charge in [-0.2, -0.15) is 4.99 Å². The molecule has 240 valence electrons. The number of isothiocyanates is 1. The van der Waals surface area contributed by atoms with E-state index in [-0.39, 0.29) is 69.3 Å². The summed E-state index contributed by atoms with van der Waals surface area (Å²) in [7, 11) is -18.9. The first kappa shape index (κ1) is 37.4. The molecule has 0 amide bonds. The molecule has 0 saturated carbocycles. The van der Waals surface area contributed by atoms with Crippen LogP contribution in [0.1, 0.15) is 11.3 Å². The molecule has 1 atom stereocenters. The summed E-state index contributed by atoms with van der Waals surface area (Å²) in [5.74, 6) is -1.68. The van der Waals surface area contributed by atoms with Gasteiger partial charge in [-0.15, -0.1) is 0 Å². The fourth-order valence-corrected chi connectivity index (χ4v) is 8.26. The normalized spacial score (nSPS) is 19.4. The van der Waals surface area contributed by atoms with E-state index in [1.165, 1.54) is 37.8 Å². The number of nitrogens with two attached hydrogens (primary N) is 1. The summed E-state index contributed by atoms with van der Waals surface area (Å²) >= 11 is 4.61. The van der Waals surface area contributed by atoms with E-state index in [4.69, 9.17) is 5.73 Å². The molecule has 18 nitrogen and oxygen atoms in total. The fraction of sp³-hybridized carbons (Fsp3) is 0.632. The van der Waals surface area contributed by atoms with E-state index >= 15 is 0 Å². The van der Waals surface area contributed by atoms with Crippen LogP contribution in [0.25, 0.3) is 0 Å². The molecule has 1 saturated heterocycles. The highest BCUT2D eigenvalue weighted by Gasteiger charge is 2.38. The van der Waals surface area contributed by atoms with Gasteiger partial charge in [0.25, 0.3) is 0 Å². The molecule has 23 heteroatoms. The summed E-state index contributed by atoms with van der Waals surface area (Å²) in [6.45, 7) is -1.06. The van der Waals surface area contributed by atoms with E-state index in [1.807, 2.05) is 0 Å². The highest BCUT2D eigenvalue weighted by Crippen LogP contribution is 2.55. The van der Waals surface area contributed by atoms with Gasteiger partial charge in [-0.05, 0) is 30.4 Å². The van der Waals surface area contributed by atoms with Crippen LogP contribution in [-0.4, -0.2) is 135 Å². The first-order valence-corrected chi connectivity index (χ1v) is 19.7. The summed E-state index contributed by atoms with van der Waals surface area (Å²) in [6, 6.07) is 4.14. The Labute approximate surface area is 247 Å². The zero-order valence-electron chi connectivity index (χ0n) is 22.3. The summed E-state index contributed by atoms with van der Waals surface area (Å²) < 4.78 is 48.3. The molecule has 42 heavy (non-hydrogen) atoms. The number of anilines is 1. The fourth-order valence-electron chi connectivity index (χ4n) is 4.50. The van der Waals surface area contributed by atoms with E-state index in [0.717, 1.165) is 0 Å². The van der Waals surface area contributed by atoms with Crippen molar-refractivity contribution in [3.63, 3.8) is 0 Å². The number of thiocarbonyl (C=S) groups is 1. The van der Waals surface area contributed by atoms with Crippen molar-refractivity contribution in [2.24, 2.45) is 4.99 Å². The number of aliphatic imine (C=N–C) groups is 1. The summed E-state index contributed by atoms with van der Waals surface area (Å²) in [6.07, 6.45) is -2.18. The Kier molecular flexibility index (Phi) is 13.8. The zero-order valence-corrected chi connectivity index (χ0v) is 26.7. The highest BCUT2D eigenvalue weighted by atomic mass is 32.1. The molecule has 0 radical (unpaired) electrons. The Hall–Kier alpha value is -0.740. The van der Waals surface area contributed by atoms with E-state index in [0.29, 0.717) is 0 Å². The van der Waals surface area contributed by atoms with Gasteiger partial charge in [0.1, 0.15) is 24.6 Å². The van der Waals surface area contributed by atoms with Gasteiger partial charge >= 0.3 is 30.4 Å². The molecule has 0 aromatic heterocycles. The average Bonchev–Trinajstić information content (AvgIpc) is 2.79. The van der Waals surface area contributed by atoms with Crippen molar-refractivity contribution < 1.29 is 57.4 Å². The van der Waals surface area contributed by atoms with Crippen LogP contribution in [0.2, 0.25) is 0 Å². The third-order valence-electron chi connectivity index (χ3n) is 6.21. The van der Waals surface area contributed by atoms with E-state index in [2.05, 4.69) is 22.4 Å². The van der Waals surface area contributed by atoms with E-state index < -0.39 is 55.0 Å². The molecule has 0 aliphatic carbocycles. The zero-order chi connectivity index (χ0) is 31.9. The quantitative estimate of drug-likeness (QED) is 0.0663. The van der Waals surface area contributed by atoms with Crippen molar-refractivity contribution in [1.29, 1.82) is 0 Å². The van der Waals surface area contributed by atoms with E-state index in [9.17, 15) is 57.4 Å². The number of rotatable bonds is 10. The van der Waals surface area contributed by atoms with Crippen LogP contribution in [0.5, 0.6) is 0 Å². The molecule has 1 unspecified atom stereocenters. The lowest BCUT2D eigenvalue weighted by Crippen LogP contribution is -2.47. The molecule has 1 aromatic carbocycles. The van der Waals surface area contributed by atoms with Crippen molar-refractivity contribution in [2.45, 2.75) is 5.78 Å². The molecule has 1 fully saturated rings. The lowest BCUT2D eigenvalue weighted by Gasteiger charge is -2.37. The van der Waals surface area contributed by atoms with Crippen molar-refractivity contribution in [1.82, 2.24) is 19.6 Å². The second-order valence-electron chi connectivity index (χ2n) is 9.79. The Morgan fingerprint density at radius 2 is 1.12 bits per heavy atom.